The Hall–Kier alpha value is -4.67. The predicted molar refractivity (Wildman–Crippen MR) is 130 cm³/mol. The number of rotatable bonds is 6. The molecule has 5 aromatic rings. The van der Waals surface area contributed by atoms with Crippen LogP contribution >= 0.6 is 0 Å². The molecule has 0 fully saturated rings. The maximum absolute atomic E-state index is 12.9. The quantitative estimate of drug-likeness (QED) is 0.355. The summed E-state index contributed by atoms with van der Waals surface area (Å²) < 4.78 is 8.73. The van der Waals surface area contributed by atoms with Crippen LogP contribution in [0.15, 0.2) is 53.7 Å². The number of anilines is 4. The maximum atomic E-state index is 12.9. The standard InChI is InChI=1S/C23H23N9O2/c1-13-8-9-24-17(10-13)27-18-11-16(19-22(28-18)30-32(3)23(19)33)26-15-7-5-6-14(20(15)34-4)21-25-12-31(2)29-21/h5-12H,1-4H3,(H3,24,26,27,28,30). The van der Waals surface area contributed by atoms with Gasteiger partial charge < -0.3 is 15.4 Å². The second-order valence-corrected chi connectivity index (χ2v) is 7.85. The van der Waals surface area contributed by atoms with Crippen molar-refractivity contribution in [2.24, 2.45) is 14.1 Å². The molecule has 0 saturated carbocycles. The molecule has 4 aromatic heterocycles. The van der Waals surface area contributed by atoms with E-state index in [2.05, 4.69) is 35.8 Å². The Labute approximate surface area is 194 Å². The first-order valence-corrected chi connectivity index (χ1v) is 10.5. The van der Waals surface area contributed by atoms with Gasteiger partial charge in [-0.15, -0.1) is 0 Å². The third-order valence-corrected chi connectivity index (χ3v) is 5.31. The number of hydrogen-bond donors (Lipinski definition) is 3. The van der Waals surface area contributed by atoms with Crippen LogP contribution in [0, 0.1) is 6.92 Å². The van der Waals surface area contributed by atoms with Crippen molar-refractivity contribution in [1.29, 1.82) is 0 Å². The van der Waals surface area contributed by atoms with Crippen LogP contribution in [0.5, 0.6) is 5.75 Å². The molecule has 0 spiro atoms. The molecule has 0 aliphatic heterocycles. The highest BCUT2D eigenvalue weighted by Crippen LogP contribution is 2.37. The molecule has 0 aliphatic carbocycles. The smallest absolute Gasteiger partial charge is 0.277 e. The van der Waals surface area contributed by atoms with Gasteiger partial charge in [-0.3, -0.25) is 19.3 Å². The number of H-pyrrole nitrogens is 1. The van der Waals surface area contributed by atoms with E-state index in [4.69, 9.17) is 4.74 Å². The summed E-state index contributed by atoms with van der Waals surface area (Å²) >= 11 is 0. The van der Waals surface area contributed by atoms with Crippen molar-refractivity contribution in [2.75, 3.05) is 17.7 Å². The Kier molecular flexibility index (Phi) is 5.21. The normalized spacial score (nSPS) is 11.1. The van der Waals surface area contributed by atoms with Crippen molar-refractivity contribution in [1.82, 2.24) is 34.5 Å². The molecule has 1 aromatic carbocycles. The fourth-order valence-corrected chi connectivity index (χ4v) is 3.76. The molecular weight excluding hydrogens is 434 g/mol. The third-order valence-electron chi connectivity index (χ3n) is 5.31. The monoisotopic (exact) mass is 457 g/mol. The summed E-state index contributed by atoms with van der Waals surface area (Å²) in [6.07, 6.45) is 3.35. The number of benzene rings is 1. The Morgan fingerprint density at radius 1 is 1.03 bits per heavy atom. The van der Waals surface area contributed by atoms with Crippen LogP contribution < -0.4 is 20.9 Å². The van der Waals surface area contributed by atoms with Crippen LogP contribution in [0.25, 0.3) is 22.4 Å². The van der Waals surface area contributed by atoms with Gasteiger partial charge >= 0.3 is 0 Å². The molecule has 0 amide bonds. The number of methoxy groups -OCH3 is 1. The summed E-state index contributed by atoms with van der Waals surface area (Å²) in [6, 6.07) is 11.2. The molecule has 0 bridgehead atoms. The van der Waals surface area contributed by atoms with E-state index in [-0.39, 0.29) is 5.56 Å². The molecule has 0 unspecified atom stereocenters. The second-order valence-electron chi connectivity index (χ2n) is 7.85. The first kappa shape index (κ1) is 21.2. The second kappa shape index (κ2) is 8.35. The number of nitrogens with zero attached hydrogens (tertiary/aromatic N) is 6. The Bertz CT molecular complexity index is 1560. The van der Waals surface area contributed by atoms with Gasteiger partial charge in [-0.25, -0.2) is 15.0 Å². The number of aromatic nitrogens is 7. The summed E-state index contributed by atoms with van der Waals surface area (Å²) in [5, 5.41) is 14.4. The van der Waals surface area contributed by atoms with E-state index in [1.54, 1.807) is 44.5 Å². The Morgan fingerprint density at radius 2 is 1.88 bits per heavy atom. The van der Waals surface area contributed by atoms with Gasteiger partial charge in [0.2, 0.25) is 0 Å². The average Bonchev–Trinajstić information content (AvgIpc) is 3.36. The van der Waals surface area contributed by atoms with E-state index in [9.17, 15) is 4.79 Å². The molecular formula is C23H23N9O2. The number of hydrogen-bond acceptors (Lipinski definition) is 8. The molecule has 34 heavy (non-hydrogen) atoms. The molecule has 5 rings (SSSR count). The zero-order valence-electron chi connectivity index (χ0n) is 19.1. The minimum atomic E-state index is -0.202. The van der Waals surface area contributed by atoms with Gasteiger partial charge in [-0.1, -0.05) is 6.07 Å². The molecule has 0 atom stereocenters. The van der Waals surface area contributed by atoms with Crippen molar-refractivity contribution in [3.8, 4) is 17.1 Å². The van der Waals surface area contributed by atoms with E-state index < -0.39 is 0 Å². The van der Waals surface area contributed by atoms with Crippen LogP contribution in [0.1, 0.15) is 5.56 Å². The molecule has 172 valence electrons. The Morgan fingerprint density at radius 3 is 2.62 bits per heavy atom. The lowest BCUT2D eigenvalue weighted by Crippen LogP contribution is -2.12. The van der Waals surface area contributed by atoms with Gasteiger partial charge in [-0.05, 0) is 36.8 Å². The molecule has 3 N–H and O–H groups in total. The molecule has 0 aliphatic rings. The largest absolute Gasteiger partial charge is 0.494 e. The van der Waals surface area contributed by atoms with Gasteiger partial charge in [0.1, 0.15) is 23.3 Å². The van der Waals surface area contributed by atoms with E-state index in [0.717, 1.165) is 11.1 Å². The van der Waals surface area contributed by atoms with Gasteiger partial charge in [0.25, 0.3) is 5.56 Å². The summed E-state index contributed by atoms with van der Waals surface area (Å²) in [5.41, 5.74) is 3.24. The number of para-hydroxylation sites is 1. The van der Waals surface area contributed by atoms with Crippen molar-refractivity contribution in [2.45, 2.75) is 6.92 Å². The summed E-state index contributed by atoms with van der Waals surface area (Å²) in [6.45, 7) is 1.99. The van der Waals surface area contributed by atoms with Gasteiger partial charge in [0.15, 0.2) is 17.2 Å². The zero-order chi connectivity index (χ0) is 23.8. The maximum Gasteiger partial charge on any atom is 0.277 e. The highest BCUT2D eigenvalue weighted by atomic mass is 16.5. The lowest BCUT2D eigenvalue weighted by atomic mass is 10.1. The topological polar surface area (TPSA) is 128 Å². The predicted octanol–water partition coefficient (Wildman–Crippen LogP) is 3.26. The molecule has 11 nitrogen and oxygen atoms in total. The van der Waals surface area contributed by atoms with Gasteiger partial charge in [-0.2, -0.15) is 5.10 Å². The number of pyridine rings is 2. The number of aromatic amines is 1. The number of aryl methyl sites for hydroxylation is 3. The molecule has 0 radical (unpaired) electrons. The summed E-state index contributed by atoms with van der Waals surface area (Å²) in [7, 11) is 5.04. The van der Waals surface area contributed by atoms with E-state index >= 15 is 0 Å². The fourth-order valence-electron chi connectivity index (χ4n) is 3.76. The van der Waals surface area contributed by atoms with E-state index in [0.29, 0.717) is 45.6 Å². The van der Waals surface area contributed by atoms with Crippen LogP contribution in [-0.4, -0.2) is 41.6 Å². The lowest BCUT2D eigenvalue weighted by Gasteiger charge is -2.15. The number of fused-ring (bicyclic) bond motifs is 1. The number of nitrogens with one attached hydrogen (secondary N) is 3. The van der Waals surface area contributed by atoms with Crippen molar-refractivity contribution in [3.05, 3.63) is 64.8 Å². The number of ether oxygens (including phenoxy) is 1. The third kappa shape index (κ3) is 3.83. The van der Waals surface area contributed by atoms with Crippen molar-refractivity contribution >= 4 is 34.0 Å². The van der Waals surface area contributed by atoms with Crippen LogP contribution in [0.4, 0.5) is 23.0 Å². The van der Waals surface area contributed by atoms with Crippen molar-refractivity contribution < 1.29 is 4.74 Å². The van der Waals surface area contributed by atoms with E-state index in [1.165, 1.54) is 4.68 Å². The van der Waals surface area contributed by atoms with Gasteiger partial charge in [0.05, 0.1) is 24.0 Å². The van der Waals surface area contributed by atoms with Crippen molar-refractivity contribution in [3.63, 3.8) is 0 Å². The lowest BCUT2D eigenvalue weighted by molar-refractivity contribution is 0.418. The van der Waals surface area contributed by atoms with Crippen LogP contribution in [-0.2, 0) is 14.1 Å². The zero-order valence-corrected chi connectivity index (χ0v) is 19.1. The minimum absolute atomic E-state index is 0.202. The highest BCUT2D eigenvalue weighted by molar-refractivity contribution is 5.94. The van der Waals surface area contributed by atoms with E-state index in [1.807, 2.05) is 37.3 Å². The Balaban J connectivity index is 1.61. The summed E-state index contributed by atoms with van der Waals surface area (Å²) in [5.74, 6) is 2.27. The minimum Gasteiger partial charge on any atom is -0.494 e. The SMILES string of the molecule is COc1c(Nc2cc(Nc3cc(C)ccn3)nc3[nH]n(C)c(=O)c23)cccc1-c1ncn(C)n1. The first-order chi connectivity index (χ1) is 16.4. The summed E-state index contributed by atoms with van der Waals surface area (Å²) in [4.78, 5) is 26.1. The molecule has 4 heterocycles. The van der Waals surface area contributed by atoms with Crippen LogP contribution in [0.2, 0.25) is 0 Å². The molecule has 0 saturated heterocycles. The van der Waals surface area contributed by atoms with Crippen LogP contribution in [0.3, 0.4) is 0 Å². The average molecular weight is 457 g/mol. The molecule has 11 heteroatoms. The first-order valence-electron chi connectivity index (χ1n) is 10.5. The highest BCUT2D eigenvalue weighted by Gasteiger charge is 2.18. The fraction of sp³-hybridized carbons (Fsp3) is 0.174. The van der Waals surface area contributed by atoms with Gasteiger partial charge in [0, 0.05) is 26.4 Å².